The quantitative estimate of drug-likeness (QED) is 0.344. The lowest BCUT2D eigenvalue weighted by molar-refractivity contribution is 0.591. The van der Waals surface area contributed by atoms with Crippen LogP contribution in [-0.4, -0.2) is 0 Å². The highest BCUT2D eigenvalue weighted by molar-refractivity contribution is 7.36. The first-order valence-corrected chi connectivity index (χ1v) is 8.51. The molecule has 2 aromatic carbocycles. The van der Waals surface area contributed by atoms with E-state index in [0.717, 1.165) is 0 Å². The van der Waals surface area contributed by atoms with Gasteiger partial charge in [-0.25, -0.2) is 0 Å². The standard InChI is InChI=1S/C18H16S2/c1-18(2,3)11-8-9-13-15(10-11)20-16-12-6-4-5-7-14(12)19-17(13)16/h4-10H,1-3H3. The van der Waals surface area contributed by atoms with Crippen LogP contribution in [0.2, 0.25) is 0 Å². The summed E-state index contributed by atoms with van der Waals surface area (Å²) >= 11 is 3.86. The number of rotatable bonds is 0. The van der Waals surface area contributed by atoms with Crippen LogP contribution >= 0.6 is 22.7 Å². The van der Waals surface area contributed by atoms with Crippen LogP contribution in [0.4, 0.5) is 0 Å². The average molecular weight is 296 g/mol. The molecule has 0 saturated carbocycles. The van der Waals surface area contributed by atoms with Gasteiger partial charge in [0, 0.05) is 20.2 Å². The van der Waals surface area contributed by atoms with Crippen LogP contribution < -0.4 is 0 Å². The molecular formula is C18H16S2. The van der Waals surface area contributed by atoms with E-state index in [0.29, 0.717) is 0 Å². The first kappa shape index (κ1) is 12.4. The molecule has 100 valence electrons. The van der Waals surface area contributed by atoms with Crippen molar-refractivity contribution in [1.82, 2.24) is 0 Å². The fourth-order valence-electron chi connectivity index (χ4n) is 2.67. The van der Waals surface area contributed by atoms with Gasteiger partial charge in [-0.15, -0.1) is 22.7 Å². The Balaban J connectivity index is 2.09. The minimum atomic E-state index is 0.216. The van der Waals surface area contributed by atoms with Crippen LogP contribution in [-0.2, 0) is 5.41 Å². The molecule has 4 aromatic rings. The Morgan fingerprint density at radius 3 is 2.15 bits per heavy atom. The third kappa shape index (κ3) is 1.72. The van der Waals surface area contributed by atoms with Crippen molar-refractivity contribution in [2.24, 2.45) is 0 Å². The lowest BCUT2D eigenvalue weighted by Crippen LogP contribution is -2.10. The van der Waals surface area contributed by atoms with Gasteiger partial charge in [-0.2, -0.15) is 0 Å². The van der Waals surface area contributed by atoms with Crippen molar-refractivity contribution < 1.29 is 0 Å². The maximum Gasteiger partial charge on any atom is 0.0542 e. The molecule has 0 N–H and O–H groups in total. The highest BCUT2D eigenvalue weighted by atomic mass is 32.1. The van der Waals surface area contributed by atoms with Gasteiger partial charge in [0.05, 0.1) is 9.40 Å². The van der Waals surface area contributed by atoms with Crippen molar-refractivity contribution in [3.05, 3.63) is 48.0 Å². The van der Waals surface area contributed by atoms with Gasteiger partial charge in [0.1, 0.15) is 0 Å². The molecule has 0 aliphatic heterocycles. The minimum absolute atomic E-state index is 0.216. The molecule has 0 bridgehead atoms. The van der Waals surface area contributed by atoms with E-state index in [9.17, 15) is 0 Å². The molecule has 0 amide bonds. The summed E-state index contributed by atoms with van der Waals surface area (Å²) < 4.78 is 5.72. The van der Waals surface area contributed by atoms with Gasteiger partial charge < -0.3 is 0 Å². The molecule has 0 fully saturated rings. The summed E-state index contributed by atoms with van der Waals surface area (Å²) in [6.45, 7) is 6.83. The molecule has 2 heteroatoms. The second-order valence-corrected chi connectivity index (χ2v) is 8.42. The Kier molecular flexibility index (Phi) is 2.51. The normalized spacial score (nSPS) is 12.8. The largest absolute Gasteiger partial charge is 0.134 e. The summed E-state index contributed by atoms with van der Waals surface area (Å²) in [4.78, 5) is 0. The van der Waals surface area contributed by atoms with E-state index >= 15 is 0 Å². The van der Waals surface area contributed by atoms with Crippen LogP contribution in [0, 0.1) is 0 Å². The Hall–Kier alpha value is -1.38. The molecule has 0 saturated heterocycles. The first-order chi connectivity index (χ1) is 9.54. The fourth-order valence-corrected chi connectivity index (χ4v) is 5.36. The highest BCUT2D eigenvalue weighted by Crippen LogP contribution is 2.44. The van der Waals surface area contributed by atoms with Gasteiger partial charge in [-0.1, -0.05) is 51.1 Å². The molecule has 4 rings (SSSR count). The van der Waals surface area contributed by atoms with Gasteiger partial charge in [0.2, 0.25) is 0 Å². The summed E-state index contributed by atoms with van der Waals surface area (Å²) in [5, 5.41) is 2.82. The smallest absolute Gasteiger partial charge is 0.0542 e. The zero-order valence-corrected chi connectivity index (χ0v) is 13.5. The molecule has 0 atom stereocenters. The molecule has 0 aliphatic carbocycles. The molecule has 20 heavy (non-hydrogen) atoms. The van der Waals surface area contributed by atoms with Crippen molar-refractivity contribution in [3.8, 4) is 0 Å². The Morgan fingerprint density at radius 2 is 1.40 bits per heavy atom. The van der Waals surface area contributed by atoms with Gasteiger partial charge in [-0.3, -0.25) is 0 Å². The third-order valence-corrected chi connectivity index (χ3v) is 6.37. The summed E-state index contributed by atoms with van der Waals surface area (Å²) in [6.07, 6.45) is 0. The molecule has 0 spiro atoms. The lowest BCUT2D eigenvalue weighted by Gasteiger charge is -2.18. The second-order valence-electron chi connectivity index (χ2n) is 6.32. The van der Waals surface area contributed by atoms with E-state index in [-0.39, 0.29) is 5.41 Å². The van der Waals surface area contributed by atoms with Crippen LogP contribution in [0.1, 0.15) is 26.3 Å². The highest BCUT2D eigenvalue weighted by Gasteiger charge is 2.16. The number of benzene rings is 2. The number of hydrogen-bond acceptors (Lipinski definition) is 2. The van der Waals surface area contributed by atoms with E-state index in [1.54, 1.807) is 0 Å². The molecule has 0 radical (unpaired) electrons. The van der Waals surface area contributed by atoms with E-state index in [4.69, 9.17) is 0 Å². The molecule has 2 aromatic heterocycles. The van der Waals surface area contributed by atoms with Crippen molar-refractivity contribution in [2.45, 2.75) is 26.2 Å². The zero-order valence-electron chi connectivity index (χ0n) is 11.9. The third-order valence-electron chi connectivity index (χ3n) is 3.85. The SMILES string of the molecule is CC(C)(C)c1ccc2c(c1)sc1c3ccccc3sc21. The predicted molar refractivity (Wildman–Crippen MR) is 93.4 cm³/mol. The van der Waals surface area contributed by atoms with E-state index in [2.05, 4.69) is 63.2 Å². The van der Waals surface area contributed by atoms with Crippen LogP contribution in [0.3, 0.4) is 0 Å². The van der Waals surface area contributed by atoms with Gasteiger partial charge in [0.25, 0.3) is 0 Å². The Morgan fingerprint density at radius 1 is 0.750 bits per heavy atom. The van der Waals surface area contributed by atoms with Gasteiger partial charge >= 0.3 is 0 Å². The molecule has 0 nitrogen and oxygen atoms in total. The Bertz CT molecular complexity index is 932. The molecule has 0 unspecified atom stereocenters. The first-order valence-electron chi connectivity index (χ1n) is 6.88. The predicted octanol–water partition coefficient (Wildman–Crippen LogP) is 6.57. The average Bonchev–Trinajstić information content (AvgIpc) is 2.93. The monoisotopic (exact) mass is 296 g/mol. The lowest BCUT2D eigenvalue weighted by atomic mass is 9.87. The van der Waals surface area contributed by atoms with Crippen molar-refractivity contribution in [1.29, 1.82) is 0 Å². The molecular weight excluding hydrogens is 280 g/mol. The second kappa shape index (κ2) is 4.06. The Labute approximate surface area is 126 Å². The molecule has 0 aliphatic rings. The summed E-state index contributed by atoms with van der Waals surface area (Å²) in [6, 6.07) is 15.7. The zero-order chi connectivity index (χ0) is 13.9. The van der Waals surface area contributed by atoms with Crippen molar-refractivity contribution in [3.63, 3.8) is 0 Å². The number of thiophene rings is 2. The number of fused-ring (bicyclic) bond motifs is 5. The van der Waals surface area contributed by atoms with Crippen molar-refractivity contribution >= 4 is 52.2 Å². The minimum Gasteiger partial charge on any atom is -0.134 e. The van der Waals surface area contributed by atoms with Crippen LogP contribution in [0.5, 0.6) is 0 Å². The topological polar surface area (TPSA) is 0 Å². The maximum absolute atomic E-state index is 2.38. The van der Waals surface area contributed by atoms with Gasteiger partial charge in [0.15, 0.2) is 0 Å². The number of hydrogen-bond donors (Lipinski definition) is 0. The summed E-state index contributed by atoms with van der Waals surface area (Å²) in [7, 11) is 0. The van der Waals surface area contributed by atoms with Crippen LogP contribution in [0.15, 0.2) is 42.5 Å². The van der Waals surface area contributed by atoms with Gasteiger partial charge in [-0.05, 0) is 23.1 Å². The van der Waals surface area contributed by atoms with E-state index in [1.165, 1.54) is 35.1 Å². The summed E-state index contributed by atoms with van der Waals surface area (Å²) in [5.41, 5.74) is 1.64. The van der Waals surface area contributed by atoms with E-state index < -0.39 is 0 Å². The molecule has 2 heterocycles. The fraction of sp³-hybridized carbons (Fsp3) is 0.222. The maximum atomic E-state index is 2.38. The van der Waals surface area contributed by atoms with Crippen molar-refractivity contribution in [2.75, 3.05) is 0 Å². The summed E-state index contributed by atoms with van der Waals surface area (Å²) in [5.74, 6) is 0. The van der Waals surface area contributed by atoms with E-state index in [1.807, 2.05) is 22.7 Å². The van der Waals surface area contributed by atoms with Crippen LogP contribution in [0.25, 0.3) is 29.6 Å².